The van der Waals surface area contributed by atoms with Crippen LogP contribution in [0.25, 0.3) is 0 Å². The molecule has 3 aliphatic rings. The third-order valence-electron chi connectivity index (χ3n) is 6.28. The van der Waals surface area contributed by atoms with E-state index in [2.05, 4.69) is 35.2 Å². The summed E-state index contributed by atoms with van der Waals surface area (Å²) in [6.45, 7) is 4.67. The number of nitrogens with zero attached hydrogens (tertiary/aromatic N) is 3. The summed E-state index contributed by atoms with van der Waals surface area (Å²) in [6.07, 6.45) is 2.82. The normalized spacial score (nSPS) is 24.9. The number of hydrogen-bond donors (Lipinski definition) is 0. The van der Waals surface area contributed by atoms with Gasteiger partial charge in [-0.15, -0.1) is 0 Å². The van der Waals surface area contributed by atoms with Crippen molar-refractivity contribution in [3.8, 4) is 0 Å². The van der Waals surface area contributed by atoms with Gasteiger partial charge in [0.2, 0.25) is 5.91 Å². The van der Waals surface area contributed by atoms with Crippen molar-refractivity contribution in [2.45, 2.75) is 38.3 Å². The van der Waals surface area contributed by atoms with Crippen LogP contribution in [-0.2, 0) is 17.9 Å². The number of carbonyl (C=O) groups excluding carboxylic acids is 1. The molecule has 2 saturated heterocycles. The summed E-state index contributed by atoms with van der Waals surface area (Å²) >= 11 is 0. The van der Waals surface area contributed by atoms with Gasteiger partial charge in [0.25, 0.3) is 5.56 Å². The number of fused-ring (bicyclic) bond motifs is 4. The van der Waals surface area contributed by atoms with Crippen LogP contribution in [0.5, 0.6) is 0 Å². The van der Waals surface area contributed by atoms with Crippen molar-refractivity contribution < 1.29 is 4.79 Å². The standard InChI is InChI=1S/C22H25N3O2/c26-21-5-2-10-24(21)19-8-6-16(7-9-19)12-23-13-17-11-18(15-23)20-3-1-4-22(27)25(20)14-17/h1,3-4,6-9,17-18H,2,5,10-15H2/t17-,18-/m0/s1. The molecule has 0 unspecified atom stereocenters. The zero-order valence-electron chi connectivity index (χ0n) is 15.5. The Labute approximate surface area is 159 Å². The van der Waals surface area contributed by atoms with Crippen LogP contribution >= 0.6 is 0 Å². The van der Waals surface area contributed by atoms with Crippen molar-refractivity contribution >= 4 is 11.6 Å². The van der Waals surface area contributed by atoms with E-state index in [9.17, 15) is 9.59 Å². The van der Waals surface area contributed by atoms with Gasteiger partial charge in [-0.2, -0.15) is 0 Å². The molecular weight excluding hydrogens is 338 g/mol. The molecule has 5 nitrogen and oxygen atoms in total. The Morgan fingerprint density at radius 2 is 1.81 bits per heavy atom. The fourth-order valence-electron chi connectivity index (χ4n) is 5.09. The van der Waals surface area contributed by atoms with E-state index in [0.717, 1.165) is 44.8 Å². The zero-order chi connectivity index (χ0) is 18.4. The minimum Gasteiger partial charge on any atom is -0.312 e. The highest BCUT2D eigenvalue weighted by Gasteiger charge is 2.34. The Hall–Kier alpha value is -2.40. The van der Waals surface area contributed by atoms with E-state index in [1.807, 2.05) is 15.5 Å². The molecule has 0 saturated carbocycles. The third kappa shape index (κ3) is 3.10. The molecule has 2 atom stereocenters. The predicted octanol–water partition coefficient (Wildman–Crippen LogP) is 2.59. The highest BCUT2D eigenvalue weighted by Crippen LogP contribution is 2.35. The first-order valence-electron chi connectivity index (χ1n) is 9.99. The minimum absolute atomic E-state index is 0.141. The van der Waals surface area contributed by atoms with Gasteiger partial charge < -0.3 is 9.47 Å². The van der Waals surface area contributed by atoms with Gasteiger partial charge in [0.05, 0.1) is 0 Å². The van der Waals surface area contributed by atoms with E-state index in [0.29, 0.717) is 18.3 Å². The molecule has 4 heterocycles. The van der Waals surface area contributed by atoms with Gasteiger partial charge in [-0.1, -0.05) is 18.2 Å². The molecule has 3 aliphatic heterocycles. The van der Waals surface area contributed by atoms with Crippen molar-refractivity contribution in [1.29, 1.82) is 0 Å². The molecule has 27 heavy (non-hydrogen) atoms. The maximum absolute atomic E-state index is 12.2. The molecule has 2 bridgehead atoms. The maximum atomic E-state index is 12.2. The SMILES string of the molecule is O=C1CCCN1c1ccc(CN2C[C@@H]3C[C@@H](C2)c2cccc(=O)n2C3)cc1. The maximum Gasteiger partial charge on any atom is 0.250 e. The average Bonchev–Trinajstić information content (AvgIpc) is 3.09. The van der Waals surface area contributed by atoms with Crippen LogP contribution in [0.15, 0.2) is 47.3 Å². The Kier molecular flexibility index (Phi) is 4.12. The smallest absolute Gasteiger partial charge is 0.250 e. The van der Waals surface area contributed by atoms with Crippen LogP contribution in [0.2, 0.25) is 0 Å². The Balaban J connectivity index is 1.30. The summed E-state index contributed by atoms with van der Waals surface area (Å²) in [4.78, 5) is 28.5. The van der Waals surface area contributed by atoms with Crippen molar-refractivity contribution in [1.82, 2.24) is 9.47 Å². The van der Waals surface area contributed by atoms with Crippen LogP contribution in [0.1, 0.15) is 36.4 Å². The molecule has 0 N–H and O–H groups in total. The van der Waals surface area contributed by atoms with E-state index in [1.165, 1.54) is 17.7 Å². The number of carbonyl (C=O) groups is 1. The van der Waals surface area contributed by atoms with Gasteiger partial charge in [0.1, 0.15) is 0 Å². The molecule has 0 aliphatic carbocycles. The fourth-order valence-corrected chi connectivity index (χ4v) is 5.09. The molecule has 2 fully saturated rings. The number of likely N-dealkylation sites (tertiary alicyclic amines) is 1. The van der Waals surface area contributed by atoms with Crippen LogP contribution in [0.4, 0.5) is 5.69 Å². The van der Waals surface area contributed by atoms with E-state index in [4.69, 9.17) is 0 Å². The number of piperidine rings is 1. The van der Waals surface area contributed by atoms with Crippen molar-refractivity contribution in [3.63, 3.8) is 0 Å². The van der Waals surface area contributed by atoms with Crippen molar-refractivity contribution in [2.24, 2.45) is 5.92 Å². The second-order valence-electron chi connectivity index (χ2n) is 8.21. The lowest BCUT2D eigenvalue weighted by molar-refractivity contribution is -0.117. The first-order chi connectivity index (χ1) is 13.2. The van der Waals surface area contributed by atoms with Gasteiger partial charge in [0.15, 0.2) is 0 Å². The summed E-state index contributed by atoms with van der Waals surface area (Å²) < 4.78 is 1.98. The third-order valence-corrected chi connectivity index (χ3v) is 6.28. The van der Waals surface area contributed by atoms with Crippen molar-refractivity contribution in [2.75, 3.05) is 24.5 Å². The molecule has 1 amide bonds. The van der Waals surface area contributed by atoms with Crippen LogP contribution in [0, 0.1) is 5.92 Å². The van der Waals surface area contributed by atoms with Gasteiger partial charge in [-0.25, -0.2) is 0 Å². The lowest BCUT2D eigenvalue weighted by Crippen LogP contribution is -2.46. The molecule has 1 aromatic carbocycles. The lowest BCUT2D eigenvalue weighted by atomic mass is 9.83. The summed E-state index contributed by atoms with van der Waals surface area (Å²) in [7, 11) is 0. The summed E-state index contributed by atoms with van der Waals surface area (Å²) in [5.41, 5.74) is 3.65. The van der Waals surface area contributed by atoms with Gasteiger partial charge in [-0.05, 0) is 42.5 Å². The van der Waals surface area contributed by atoms with E-state index < -0.39 is 0 Å². The predicted molar refractivity (Wildman–Crippen MR) is 105 cm³/mol. The van der Waals surface area contributed by atoms with Gasteiger partial charge >= 0.3 is 0 Å². The molecule has 140 valence electrons. The van der Waals surface area contributed by atoms with Crippen molar-refractivity contribution in [3.05, 3.63) is 64.1 Å². The van der Waals surface area contributed by atoms with E-state index in [1.54, 1.807) is 6.07 Å². The summed E-state index contributed by atoms with van der Waals surface area (Å²) in [6, 6.07) is 14.2. The molecule has 5 heteroatoms. The molecule has 5 rings (SSSR count). The van der Waals surface area contributed by atoms with Gasteiger partial charge in [0, 0.05) is 62.5 Å². The number of benzene rings is 1. The number of rotatable bonds is 3. The topological polar surface area (TPSA) is 45.6 Å². The lowest BCUT2D eigenvalue weighted by Gasteiger charge is -2.42. The highest BCUT2D eigenvalue weighted by atomic mass is 16.2. The Bertz CT molecular complexity index is 918. The summed E-state index contributed by atoms with van der Waals surface area (Å²) in [5, 5.41) is 0. The Morgan fingerprint density at radius 1 is 0.963 bits per heavy atom. The van der Waals surface area contributed by atoms with Gasteiger partial charge in [-0.3, -0.25) is 14.5 Å². The van der Waals surface area contributed by atoms with Crippen LogP contribution in [0.3, 0.4) is 0 Å². The highest BCUT2D eigenvalue weighted by molar-refractivity contribution is 5.95. The number of aromatic nitrogens is 1. The van der Waals surface area contributed by atoms with Crippen LogP contribution < -0.4 is 10.5 Å². The monoisotopic (exact) mass is 363 g/mol. The molecule has 0 radical (unpaired) electrons. The minimum atomic E-state index is 0.141. The number of anilines is 1. The molecule has 0 spiro atoms. The molecular formula is C22H25N3O2. The number of hydrogen-bond acceptors (Lipinski definition) is 3. The number of pyridine rings is 1. The summed E-state index contributed by atoms with van der Waals surface area (Å²) in [5.74, 6) is 1.24. The average molecular weight is 363 g/mol. The Morgan fingerprint density at radius 3 is 2.59 bits per heavy atom. The van der Waals surface area contributed by atoms with E-state index >= 15 is 0 Å². The molecule has 1 aromatic heterocycles. The largest absolute Gasteiger partial charge is 0.312 e. The molecule has 2 aromatic rings. The second-order valence-corrected chi connectivity index (χ2v) is 8.21. The van der Waals surface area contributed by atoms with Crippen LogP contribution in [-0.4, -0.2) is 35.0 Å². The van der Waals surface area contributed by atoms with E-state index in [-0.39, 0.29) is 11.5 Å². The first-order valence-corrected chi connectivity index (χ1v) is 9.99. The first kappa shape index (κ1) is 16.8. The number of amides is 1. The quantitative estimate of drug-likeness (QED) is 0.842. The second kappa shape index (κ2) is 6.64. The fraction of sp³-hybridized carbons (Fsp3) is 0.455. The zero-order valence-corrected chi connectivity index (χ0v) is 15.5.